The van der Waals surface area contributed by atoms with Gasteiger partial charge in [-0.05, 0) is 59.6 Å². The third kappa shape index (κ3) is 4.72. The summed E-state index contributed by atoms with van der Waals surface area (Å²) >= 11 is 1.61. The van der Waals surface area contributed by atoms with E-state index in [9.17, 15) is 9.59 Å². The number of hydrogen-bond donors (Lipinski definition) is 1. The number of hydrogen-bond acceptors (Lipinski definition) is 5. The van der Waals surface area contributed by atoms with Crippen LogP contribution < -0.4 is 10.9 Å². The van der Waals surface area contributed by atoms with E-state index in [1.165, 1.54) is 0 Å². The lowest BCUT2D eigenvalue weighted by molar-refractivity contribution is -0.124. The van der Waals surface area contributed by atoms with E-state index in [-0.39, 0.29) is 29.0 Å². The highest BCUT2D eigenvalue weighted by Crippen LogP contribution is 2.30. The molecule has 0 aromatic carbocycles. The predicted octanol–water partition coefficient (Wildman–Crippen LogP) is 3.75. The van der Waals surface area contributed by atoms with Crippen molar-refractivity contribution in [1.82, 2.24) is 19.8 Å². The Morgan fingerprint density at radius 2 is 2.00 bits per heavy atom. The van der Waals surface area contributed by atoms with Crippen molar-refractivity contribution in [2.75, 3.05) is 19.6 Å². The average molecular weight is 419 g/mol. The quantitative estimate of drug-likeness (QED) is 0.821. The van der Waals surface area contributed by atoms with Gasteiger partial charge in [0.05, 0.1) is 18.0 Å². The Hall–Kier alpha value is -1.73. The zero-order valence-corrected chi connectivity index (χ0v) is 19.6. The smallest absolute Gasteiger partial charge is 0.262 e. The third-order valence-electron chi connectivity index (χ3n) is 5.51. The van der Waals surface area contributed by atoms with Crippen molar-refractivity contribution in [2.45, 2.75) is 78.8 Å². The molecule has 2 aromatic heterocycles. The predicted molar refractivity (Wildman–Crippen MR) is 120 cm³/mol. The fourth-order valence-corrected chi connectivity index (χ4v) is 5.16. The van der Waals surface area contributed by atoms with Gasteiger partial charge in [0.15, 0.2) is 0 Å². The summed E-state index contributed by atoms with van der Waals surface area (Å²) in [7, 11) is 0. The largest absolute Gasteiger partial charge is 0.350 e. The number of carbonyl (C=O) groups is 1. The van der Waals surface area contributed by atoms with Crippen molar-refractivity contribution in [1.29, 1.82) is 0 Å². The molecular weight excluding hydrogens is 384 g/mol. The second kappa shape index (κ2) is 8.19. The Morgan fingerprint density at radius 3 is 2.62 bits per heavy atom. The SMILES string of the molecule is Cc1sc2nc(C(C)C)n([C@@H]3CCCN(CC(=O)NC(C)(C)C)C3)c(=O)c2c1C. The molecule has 0 spiro atoms. The number of thiophene rings is 1. The molecule has 3 heterocycles. The van der Waals surface area contributed by atoms with Crippen molar-refractivity contribution in [3.05, 3.63) is 26.6 Å². The summed E-state index contributed by atoms with van der Waals surface area (Å²) in [6.07, 6.45) is 1.91. The first-order valence-electron chi connectivity index (χ1n) is 10.5. The summed E-state index contributed by atoms with van der Waals surface area (Å²) < 4.78 is 1.93. The lowest BCUT2D eigenvalue weighted by Crippen LogP contribution is -2.49. The number of aromatic nitrogens is 2. The molecular formula is C22H34N4O2S. The van der Waals surface area contributed by atoms with Crippen LogP contribution in [0.3, 0.4) is 0 Å². The van der Waals surface area contributed by atoms with E-state index in [1.54, 1.807) is 11.3 Å². The fraction of sp³-hybridized carbons (Fsp3) is 0.682. The molecule has 1 aliphatic heterocycles. The van der Waals surface area contributed by atoms with Crippen molar-refractivity contribution in [3.63, 3.8) is 0 Å². The molecule has 0 radical (unpaired) electrons. The number of carbonyl (C=O) groups excluding carboxylic acids is 1. The van der Waals surface area contributed by atoms with Gasteiger partial charge in [-0.2, -0.15) is 0 Å². The highest BCUT2D eigenvalue weighted by Gasteiger charge is 2.28. The van der Waals surface area contributed by atoms with Gasteiger partial charge in [0.2, 0.25) is 5.91 Å². The standard InChI is InChI=1S/C22H34N4O2S/c1-13(2)19-23-20-18(14(3)15(4)29-20)21(28)26(19)16-9-8-10-25(11-16)12-17(27)24-22(5,6)7/h13,16H,8-12H2,1-7H3,(H,24,27)/t16-/m1/s1. The molecule has 1 amide bonds. The van der Waals surface area contributed by atoms with E-state index in [0.717, 1.165) is 45.9 Å². The minimum absolute atomic E-state index is 0.0347. The zero-order valence-electron chi connectivity index (χ0n) is 18.8. The van der Waals surface area contributed by atoms with E-state index < -0.39 is 0 Å². The van der Waals surface area contributed by atoms with Crippen LogP contribution >= 0.6 is 11.3 Å². The molecule has 2 aromatic rings. The summed E-state index contributed by atoms with van der Waals surface area (Å²) in [5.41, 5.74) is 0.882. The Morgan fingerprint density at radius 1 is 1.31 bits per heavy atom. The topological polar surface area (TPSA) is 67.2 Å². The van der Waals surface area contributed by atoms with Crippen LogP contribution in [0.2, 0.25) is 0 Å². The van der Waals surface area contributed by atoms with Gasteiger partial charge >= 0.3 is 0 Å². The number of nitrogens with one attached hydrogen (secondary N) is 1. The monoisotopic (exact) mass is 418 g/mol. The van der Waals surface area contributed by atoms with Crippen molar-refractivity contribution in [3.8, 4) is 0 Å². The van der Waals surface area contributed by atoms with Gasteiger partial charge in [0.1, 0.15) is 10.7 Å². The zero-order chi connectivity index (χ0) is 21.5. The number of nitrogens with zero attached hydrogens (tertiary/aromatic N) is 3. The molecule has 1 atom stereocenters. The van der Waals surface area contributed by atoms with Crippen LogP contribution in [0.15, 0.2) is 4.79 Å². The van der Waals surface area contributed by atoms with Gasteiger partial charge in [-0.15, -0.1) is 11.3 Å². The van der Waals surface area contributed by atoms with Gasteiger partial charge in [0, 0.05) is 22.9 Å². The molecule has 7 heteroatoms. The van der Waals surface area contributed by atoms with Crippen LogP contribution in [0.5, 0.6) is 0 Å². The Kier molecular flexibility index (Phi) is 6.20. The molecule has 0 aliphatic carbocycles. The molecule has 29 heavy (non-hydrogen) atoms. The lowest BCUT2D eigenvalue weighted by atomic mass is 10.0. The first kappa shape index (κ1) is 22.0. The highest BCUT2D eigenvalue weighted by molar-refractivity contribution is 7.18. The molecule has 1 aliphatic rings. The summed E-state index contributed by atoms with van der Waals surface area (Å²) in [4.78, 5) is 35.0. The molecule has 6 nitrogen and oxygen atoms in total. The maximum Gasteiger partial charge on any atom is 0.262 e. The molecule has 0 bridgehead atoms. The number of fused-ring (bicyclic) bond motifs is 1. The van der Waals surface area contributed by atoms with E-state index >= 15 is 0 Å². The first-order valence-corrected chi connectivity index (χ1v) is 11.3. The van der Waals surface area contributed by atoms with Crippen molar-refractivity contribution < 1.29 is 4.79 Å². The lowest BCUT2D eigenvalue weighted by Gasteiger charge is -2.35. The second-order valence-corrected chi connectivity index (χ2v) is 10.8. The number of rotatable bonds is 4. The van der Waals surface area contributed by atoms with Crippen LogP contribution in [0.25, 0.3) is 10.2 Å². The van der Waals surface area contributed by atoms with Gasteiger partial charge in [-0.1, -0.05) is 13.8 Å². The number of likely N-dealkylation sites (tertiary alicyclic amines) is 1. The van der Waals surface area contributed by atoms with Crippen LogP contribution in [0.1, 0.15) is 75.7 Å². The number of piperidine rings is 1. The van der Waals surface area contributed by atoms with Gasteiger partial charge in [-0.3, -0.25) is 19.1 Å². The van der Waals surface area contributed by atoms with E-state index in [4.69, 9.17) is 4.98 Å². The third-order valence-corrected chi connectivity index (χ3v) is 6.61. The van der Waals surface area contributed by atoms with E-state index in [1.807, 2.05) is 32.3 Å². The molecule has 1 fully saturated rings. The fourth-order valence-electron chi connectivity index (χ4n) is 4.13. The normalized spacial score (nSPS) is 18.6. The van der Waals surface area contributed by atoms with Gasteiger partial charge in [-0.25, -0.2) is 4.98 Å². The molecule has 3 rings (SSSR count). The van der Waals surface area contributed by atoms with Crippen molar-refractivity contribution >= 4 is 27.5 Å². The molecule has 1 saturated heterocycles. The highest BCUT2D eigenvalue weighted by atomic mass is 32.1. The number of aryl methyl sites for hydroxylation is 2. The first-order chi connectivity index (χ1) is 13.5. The average Bonchev–Trinajstić information content (AvgIpc) is 2.87. The van der Waals surface area contributed by atoms with Gasteiger partial charge < -0.3 is 5.32 Å². The summed E-state index contributed by atoms with van der Waals surface area (Å²) in [6, 6.07) is 0.0487. The maximum absolute atomic E-state index is 13.5. The summed E-state index contributed by atoms with van der Waals surface area (Å²) in [5.74, 6) is 1.05. The van der Waals surface area contributed by atoms with Gasteiger partial charge in [0.25, 0.3) is 5.56 Å². The Labute approximate surface area is 177 Å². The van der Waals surface area contributed by atoms with Crippen LogP contribution in [0, 0.1) is 13.8 Å². The van der Waals surface area contributed by atoms with Crippen LogP contribution in [-0.2, 0) is 4.79 Å². The van der Waals surface area contributed by atoms with E-state index in [2.05, 4.69) is 31.0 Å². The molecule has 160 valence electrons. The van der Waals surface area contributed by atoms with Crippen LogP contribution in [-0.4, -0.2) is 45.5 Å². The number of amides is 1. The van der Waals surface area contributed by atoms with Crippen molar-refractivity contribution in [2.24, 2.45) is 0 Å². The summed E-state index contributed by atoms with van der Waals surface area (Å²) in [6.45, 7) is 16.2. The minimum Gasteiger partial charge on any atom is -0.350 e. The summed E-state index contributed by atoms with van der Waals surface area (Å²) in [5, 5.41) is 3.80. The Bertz CT molecular complexity index is 968. The second-order valence-electron chi connectivity index (χ2n) is 9.59. The Balaban J connectivity index is 1.94. The van der Waals surface area contributed by atoms with Crippen LogP contribution in [0.4, 0.5) is 0 Å². The minimum atomic E-state index is -0.239. The molecule has 1 N–H and O–H groups in total. The van der Waals surface area contributed by atoms with E-state index in [0.29, 0.717) is 13.1 Å². The molecule has 0 unspecified atom stereocenters. The maximum atomic E-state index is 13.5. The molecule has 0 saturated carbocycles.